The summed E-state index contributed by atoms with van der Waals surface area (Å²) >= 11 is 1.46. The molecule has 6 rings (SSSR count). The van der Waals surface area contributed by atoms with Crippen molar-refractivity contribution in [3.8, 4) is 22.5 Å². The first-order valence-electron chi connectivity index (χ1n) is 12.2. The number of carbonyl (C=O) groups is 1. The minimum atomic E-state index is -4.57. The first kappa shape index (κ1) is 25.6. The quantitative estimate of drug-likeness (QED) is 0.302. The molecule has 3 aromatic rings. The van der Waals surface area contributed by atoms with Gasteiger partial charge < -0.3 is 15.2 Å². The Bertz CT molecular complexity index is 1810. The number of fused-ring (bicyclic) bond motifs is 3. The average molecular weight is 563 g/mol. The number of aryl methyl sites for hydroxylation is 2. The molecule has 0 fully saturated rings. The van der Waals surface area contributed by atoms with E-state index in [2.05, 4.69) is 35.1 Å². The second-order valence-corrected chi connectivity index (χ2v) is 10.4. The predicted molar refractivity (Wildman–Crippen MR) is 145 cm³/mol. The minimum Gasteiger partial charge on any atom is -0.369 e. The van der Waals surface area contributed by atoms with E-state index in [1.807, 2.05) is 26.0 Å². The first-order valence-corrected chi connectivity index (χ1v) is 13.0. The van der Waals surface area contributed by atoms with Crippen LogP contribution in [0.15, 0.2) is 60.0 Å². The summed E-state index contributed by atoms with van der Waals surface area (Å²) in [7, 11) is 0. The third-order valence-corrected chi connectivity index (χ3v) is 7.21. The number of rotatable bonds is 4. The van der Waals surface area contributed by atoms with Crippen LogP contribution in [0.4, 0.5) is 29.8 Å². The molecule has 40 heavy (non-hydrogen) atoms. The highest BCUT2D eigenvalue weighted by Gasteiger charge is 2.31. The van der Waals surface area contributed by atoms with E-state index in [9.17, 15) is 18.0 Å². The number of carbonyl (C=O) groups excluding carboxylic acids is 1. The highest BCUT2D eigenvalue weighted by molar-refractivity contribution is 7.15. The lowest BCUT2D eigenvalue weighted by Gasteiger charge is -2.19. The molecule has 0 bridgehead atoms. The minimum absolute atomic E-state index is 0.320. The van der Waals surface area contributed by atoms with E-state index >= 15 is 0 Å². The van der Waals surface area contributed by atoms with Gasteiger partial charge in [0.05, 0.1) is 5.56 Å². The molecule has 0 saturated carbocycles. The van der Waals surface area contributed by atoms with Gasteiger partial charge in [0.25, 0.3) is 11.5 Å². The van der Waals surface area contributed by atoms with E-state index in [1.165, 1.54) is 11.3 Å². The lowest BCUT2D eigenvalue weighted by atomic mass is 9.98. The van der Waals surface area contributed by atoms with Gasteiger partial charge in [-0.05, 0) is 55.3 Å². The van der Waals surface area contributed by atoms with Crippen LogP contribution in [-0.4, -0.2) is 37.0 Å². The fourth-order valence-electron chi connectivity index (χ4n) is 4.52. The fraction of sp³-hybridized carbons (Fsp3) is 0.185. The summed E-state index contributed by atoms with van der Waals surface area (Å²) in [5.41, 5.74) is 2.93. The van der Waals surface area contributed by atoms with Crippen LogP contribution in [0.2, 0.25) is 0 Å². The van der Waals surface area contributed by atoms with Gasteiger partial charge in [-0.3, -0.25) is 9.78 Å². The van der Waals surface area contributed by atoms with Gasteiger partial charge in [0.1, 0.15) is 17.3 Å². The summed E-state index contributed by atoms with van der Waals surface area (Å²) in [6.07, 6.45) is -0.133. The van der Waals surface area contributed by atoms with Gasteiger partial charge in [-0.1, -0.05) is 6.07 Å². The molecule has 0 saturated heterocycles. The van der Waals surface area contributed by atoms with E-state index in [-0.39, 0.29) is 5.69 Å². The number of alkyl halides is 3. The predicted octanol–water partition coefficient (Wildman–Crippen LogP) is 5.45. The van der Waals surface area contributed by atoms with Crippen molar-refractivity contribution in [3.63, 3.8) is 0 Å². The Labute approximate surface area is 229 Å². The maximum atomic E-state index is 13.1. The molecule has 3 aliphatic rings. The van der Waals surface area contributed by atoms with Gasteiger partial charge >= 0.3 is 6.18 Å². The van der Waals surface area contributed by atoms with E-state index in [1.54, 1.807) is 24.5 Å². The highest BCUT2D eigenvalue weighted by Crippen LogP contribution is 2.39. The van der Waals surface area contributed by atoms with Crippen molar-refractivity contribution < 1.29 is 18.0 Å². The van der Waals surface area contributed by atoms with Crippen LogP contribution < -0.4 is 16.3 Å². The monoisotopic (exact) mass is 562 g/mol. The van der Waals surface area contributed by atoms with Crippen LogP contribution in [0.5, 0.6) is 0 Å². The molecule has 5 heterocycles. The number of hydrogen-bond acceptors (Lipinski definition) is 8. The Balaban J connectivity index is 1.37. The zero-order valence-corrected chi connectivity index (χ0v) is 22.1. The molecule has 1 amide bonds. The lowest BCUT2D eigenvalue weighted by Crippen LogP contribution is -2.17. The molecule has 0 aliphatic carbocycles. The molecule has 9 nitrogen and oxygen atoms in total. The summed E-state index contributed by atoms with van der Waals surface area (Å²) in [6, 6.07) is 8.86. The van der Waals surface area contributed by atoms with Gasteiger partial charge in [-0.15, -0.1) is 11.3 Å². The number of aromatic nitrogens is 5. The Kier molecular flexibility index (Phi) is 6.29. The van der Waals surface area contributed by atoms with Gasteiger partial charge in [0.15, 0.2) is 0 Å². The molecular weight excluding hydrogens is 541 g/mol. The third-order valence-electron chi connectivity index (χ3n) is 6.40. The summed E-state index contributed by atoms with van der Waals surface area (Å²) in [5.74, 6) is 0.842. The molecule has 0 unspecified atom stereocenters. The standard InChI is InChI=1S/C27H21F3N8OS/c1-14-3-4-18(35-24(39)21-10-17(5-6-31-21)27(28,29)30)11-19(14)20-9-16-13-33-25(37-26-34-12-15(2)40-26)36-22(16)38-8-7-32-23(20)38/h3-6,9-13,32H,7-8H2,1-2H3,(H,35,39)/b37-25-. The van der Waals surface area contributed by atoms with E-state index in [0.29, 0.717) is 29.5 Å². The van der Waals surface area contributed by atoms with Crippen molar-refractivity contribution in [2.45, 2.75) is 26.6 Å². The Morgan fingerprint density at radius 3 is 2.70 bits per heavy atom. The number of pyridine rings is 2. The van der Waals surface area contributed by atoms with Gasteiger partial charge in [-0.2, -0.15) is 23.1 Å². The van der Waals surface area contributed by atoms with Crippen LogP contribution in [0, 0.1) is 13.8 Å². The van der Waals surface area contributed by atoms with Crippen LogP contribution in [0.1, 0.15) is 26.5 Å². The molecule has 13 heteroatoms. The number of amides is 1. The van der Waals surface area contributed by atoms with Crippen molar-refractivity contribution >= 4 is 33.9 Å². The number of nitrogens with zero attached hydrogens (tertiary/aromatic N) is 6. The molecular formula is C27H21F3N8OS. The van der Waals surface area contributed by atoms with Gasteiger partial charge in [0, 0.05) is 53.4 Å². The summed E-state index contributed by atoms with van der Waals surface area (Å²) in [5, 5.41) is 6.68. The van der Waals surface area contributed by atoms with E-state index < -0.39 is 17.6 Å². The molecule has 0 radical (unpaired) electrons. The number of hydrogen-bond donors (Lipinski definition) is 2. The maximum Gasteiger partial charge on any atom is 0.416 e. The van der Waals surface area contributed by atoms with Crippen LogP contribution in [-0.2, 0) is 12.7 Å². The molecule has 202 valence electrons. The van der Waals surface area contributed by atoms with Crippen LogP contribution in [0.3, 0.4) is 0 Å². The normalized spacial score (nSPS) is 13.4. The average Bonchev–Trinajstić information content (AvgIpc) is 3.58. The van der Waals surface area contributed by atoms with Crippen molar-refractivity contribution in [2.24, 2.45) is 4.99 Å². The highest BCUT2D eigenvalue weighted by atomic mass is 32.1. The van der Waals surface area contributed by atoms with Crippen LogP contribution >= 0.6 is 11.3 Å². The molecule has 2 aromatic heterocycles. The molecule has 1 aromatic carbocycles. The summed E-state index contributed by atoms with van der Waals surface area (Å²) in [4.78, 5) is 35.5. The Morgan fingerprint density at radius 2 is 1.93 bits per heavy atom. The Hall–Kier alpha value is -4.65. The zero-order chi connectivity index (χ0) is 28.0. The SMILES string of the molecule is Cc1cnc(/N=c2/ncc3cc(-c4cc(NC(=O)c5cc(C(F)(F)F)ccn5)ccc4C)c4n(c-3n2)CCN4)s1. The number of nitrogens with one attached hydrogen (secondary N) is 2. The molecule has 3 aliphatic heterocycles. The molecule has 2 N–H and O–H groups in total. The smallest absolute Gasteiger partial charge is 0.369 e. The van der Waals surface area contributed by atoms with E-state index in [0.717, 1.165) is 57.1 Å². The van der Waals surface area contributed by atoms with Gasteiger partial charge in [0.2, 0.25) is 5.13 Å². The number of anilines is 2. The van der Waals surface area contributed by atoms with Crippen molar-refractivity contribution in [2.75, 3.05) is 17.2 Å². The van der Waals surface area contributed by atoms with Gasteiger partial charge in [-0.25, -0.2) is 9.97 Å². The second-order valence-electron chi connectivity index (χ2n) is 9.21. The maximum absolute atomic E-state index is 13.1. The largest absolute Gasteiger partial charge is 0.416 e. The van der Waals surface area contributed by atoms with Crippen molar-refractivity contribution in [1.29, 1.82) is 0 Å². The van der Waals surface area contributed by atoms with Crippen molar-refractivity contribution in [3.05, 3.63) is 82.3 Å². The summed E-state index contributed by atoms with van der Waals surface area (Å²) < 4.78 is 41.4. The molecule has 0 atom stereocenters. The lowest BCUT2D eigenvalue weighted by molar-refractivity contribution is -0.137. The molecule has 0 spiro atoms. The van der Waals surface area contributed by atoms with E-state index in [4.69, 9.17) is 4.98 Å². The number of benzene rings is 1. The number of thiazole rings is 1. The first-order chi connectivity index (χ1) is 19.2. The topological polar surface area (TPSA) is 110 Å². The van der Waals surface area contributed by atoms with Crippen molar-refractivity contribution in [1.82, 2.24) is 24.5 Å². The second kappa shape index (κ2) is 9.83. The van der Waals surface area contributed by atoms with Crippen LogP contribution in [0.25, 0.3) is 22.5 Å². The Morgan fingerprint density at radius 1 is 1.07 bits per heavy atom. The fourth-order valence-corrected chi connectivity index (χ4v) is 5.14. The summed E-state index contributed by atoms with van der Waals surface area (Å²) in [6.45, 7) is 5.28. The third kappa shape index (κ3) is 4.91. The zero-order valence-electron chi connectivity index (χ0n) is 21.2. The number of halogens is 3.